The lowest BCUT2D eigenvalue weighted by atomic mass is 10.2. The first-order valence-corrected chi connectivity index (χ1v) is 6.18. The smallest absolute Gasteiger partial charge is 0.179 e. The minimum Gasteiger partial charge on any atom is -0.306 e. The quantitative estimate of drug-likeness (QED) is 0.740. The Hall–Kier alpha value is -1.53. The molecule has 1 aromatic carbocycles. The Morgan fingerprint density at radius 3 is 2.88 bits per heavy atom. The van der Waals surface area contributed by atoms with Gasteiger partial charge in [-0.1, -0.05) is 30.3 Å². The first-order chi connectivity index (χ1) is 8.29. The van der Waals surface area contributed by atoms with Gasteiger partial charge in [0.25, 0.3) is 0 Å². The van der Waals surface area contributed by atoms with Gasteiger partial charge in [-0.15, -0.1) is 0 Å². The van der Waals surface area contributed by atoms with Crippen LogP contribution in [0.2, 0.25) is 0 Å². The van der Waals surface area contributed by atoms with Crippen molar-refractivity contribution in [1.82, 2.24) is 9.80 Å². The van der Waals surface area contributed by atoms with E-state index in [-0.39, 0.29) is 0 Å². The fourth-order valence-electron chi connectivity index (χ4n) is 2.48. The highest BCUT2D eigenvalue weighted by molar-refractivity contribution is 5.14. The Balaban J connectivity index is 1.85. The number of nitriles is 1. The van der Waals surface area contributed by atoms with Crippen LogP contribution in [0.15, 0.2) is 30.3 Å². The third-order valence-corrected chi connectivity index (χ3v) is 3.32. The molecular weight excluding hydrogens is 210 g/mol. The van der Waals surface area contributed by atoms with Crippen LogP contribution in [0.5, 0.6) is 0 Å². The van der Waals surface area contributed by atoms with E-state index in [1.54, 1.807) is 0 Å². The Labute approximate surface area is 103 Å². The van der Waals surface area contributed by atoms with Crippen molar-refractivity contribution < 1.29 is 0 Å². The molecule has 0 amide bonds. The maximum Gasteiger partial charge on any atom is 0.179 e. The van der Waals surface area contributed by atoms with Gasteiger partial charge in [-0.05, 0) is 25.5 Å². The molecular formula is C14H19N3. The molecule has 3 heteroatoms. The zero-order valence-corrected chi connectivity index (χ0v) is 10.3. The molecule has 1 atom stereocenters. The number of rotatable bonds is 4. The summed E-state index contributed by atoms with van der Waals surface area (Å²) in [5, 5.41) is 9.00. The van der Waals surface area contributed by atoms with Gasteiger partial charge < -0.3 is 9.80 Å². The maximum atomic E-state index is 9.00. The van der Waals surface area contributed by atoms with Gasteiger partial charge >= 0.3 is 0 Å². The summed E-state index contributed by atoms with van der Waals surface area (Å²) in [6, 6.07) is 10.9. The highest BCUT2D eigenvalue weighted by atomic mass is 15.2. The standard InChI is InChI=1S/C14H19N3/c1-16(10-13-6-3-2-4-7-13)11-14-8-5-9-17(14)12-15/h2-4,6-7,14H,5,8-11H2,1H3/t14-/m1/s1. The van der Waals surface area contributed by atoms with Crippen LogP contribution in [-0.4, -0.2) is 36.0 Å². The van der Waals surface area contributed by atoms with E-state index < -0.39 is 0 Å². The van der Waals surface area contributed by atoms with Crippen LogP contribution in [0, 0.1) is 11.5 Å². The van der Waals surface area contributed by atoms with Crippen molar-refractivity contribution in [2.75, 3.05) is 20.1 Å². The second-order valence-electron chi connectivity index (χ2n) is 4.77. The van der Waals surface area contributed by atoms with Gasteiger partial charge in [0, 0.05) is 19.6 Å². The molecule has 0 aliphatic carbocycles. The summed E-state index contributed by atoms with van der Waals surface area (Å²) in [5.74, 6) is 0. The molecule has 90 valence electrons. The lowest BCUT2D eigenvalue weighted by molar-refractivity contribution is 0.237. The highest BCUT2D eigenvalue weighted by Gasteiger charge is 2.24. The number of nitrogens with zero attached hydrogens (tertiary/aromatic N) is 3. The van der Waals surface area contributed by atoms with Gasteiger partial charge in [0.1, 0.15) is 0 Å². The van der Waals surface area contributed by atoms with E-state index in [2.05, 4.69) is 42.4 Å². The third-order valence-electron chi connectivity index (χ3n) is 3.32. The molecule has 17 heavy (non-hydrogen) atoms. The van der Waals surface area contributed by atoms with Gasteiger partial charge in [0.05, 0.1) is 6.04 Å². The van der Waals surface area contributed by atoms with Gasteiger partial charge in [-0.3, -0.25) is 0 Å². The van der Waals surface area contributed by atoms with Crippen molar-refractivity contribution in [1.29, 1.82) is 5.26 Å². The zero-order valence-electron chi connectivity index (χ0n) is 10.3. The Kier molecular flexibility index (Phi) is 4.00. The lowest BCUT2D eigenvalue weighted by Crippen LogP contribution is -2.36. The topological polar surface area (TPSA) is 30.3 Å². The Morgan fingerprint density at radius 2 is 2.18 bits per heavy atom. The third kappa shape index (κ3) is 3.21. The number of benzene rings is 1. The molecule has 1 heterocycles. The molecule has 1 aliphatic rings. The summed E-state index contributed by atoms with van der Waals surface area (Å²) in [6.45, 7) is 2.86. The fraction of sp³-hybridized carbons (Fsp3) is 0.500. The first-order valence-electron chi connectivity index (χ1n) is 6.18. The molecule has 0 aromatic heterocycles. The molecule has 2 rings (SSSR count). The Bertz CT molecular complexity index is 382. The average molecular weight is 229 g/mol. The summed E-state index contributed by atoms with van der Waals surface area (Å²) in [4.78, 5) is 4.22. The second kappa shape index (κ2) is 5.70. The van der Waals surface area contributed by atoms with E-state index in [1.165, 1.54) is 5.56 Å². The number of hydrogen-bond acceptors (Lipinski definition) is 3. The summed E-state index contributed by atoms with van der Waals surface area (Å²) in [5.41, 5.74) is 1.33. The van der Waals surface area contributed by atoms with Gasteiger partial charge in [0.15, 0.2) is 6.19 Å². The van der Waals surface area contributed by atoms with E-state index in [9.17, 15) is 0 Å². The van der Waals surface area contributed by atoms with Gasteiger partial charge in [-0.25, -0.2) is 0 Å². The minimum absolute atomic E-state index is 0.411. The van der Waals surface area contributed by atoms with Crippen molar-refractivity contribution in [3.8, 4) is 6.19 Å². The van der Waals surface area contributed by atoms with E-state index in [4.69, 9.17) is 5.26 Å². The van der Waals surface area contributed by atoms with Crippen LogP contribution in [0.1, 0.15) is 18.4 Å². The van der Waals surface area contributed by atoms with Crippen LogP contribution in [0.25, 0.3) is 0 Å². The number of hydrogen-bond donors (Lipinski definition) is 0. The molecule has 3 nitrogen and oxygen atoms in total. The van der Waals surface area contributed by atoms with E-state index in [1.807, 2.05) is 11.0 Å². The van der Waals surface area contributed by atoms with E-state index >= 15 is 0 Å². The molecule has 1 aliphatic heterocycles. The second-order valence-corrected chi connectivity index (χ2v) is 4.77. The first kappa shape index (κ1) is 11.9. The summed E-state index contributed by atoms with van der Waals surface area (Å²) >= 11 is 0. The molecule has 0 saturated carbocycles. The maximum absolute atomic E-state index is 9.00. The summed E-state index contributed by atoms with van der Waals surface area (Å²) in [7, 11) is 2.13. The lowest BCUT2D eigenvalue weighted by Gasteiger charge is -2.24. The van der Waals surface area contributed by atoms with Gasteiger partial charge in [-0.2, -0.15) is 5.26 Å². The largest absolute Gasteiger partial charge is 0.306 e. The molecule has 0 spiro atoms. The van der Waals surface area contributed by atoms with Crippen molar-refractivity contribution >= 4 is 0 Å². The van der Waals surface area contributed by atoms with Crippen molar-refractivity contribution in [2.45, 2.75) is 25.4 Å². The average Bonchev–Trinajstić information content (AvgIpc) is 2.77. The molecule has 1 fully saturated rings. The van der Waals surface area contributed by atoms with E-state index in [0.29, 0.717) is 6.04 Å². The predicted molar refractivity (Wildman–Crippen MR) is 68.1 cm³/mol. The van der Waals surface area contributed by atoms with Crippen LogP contribution < -0.4 is 0 Å². The predicted octanol–water partition coefficient (Wildman–Crippen LogP) is 2.06. The highest BCUT2D eigenvalue weighted by Crippen LogP contribution is 2.17. The molecule has 0 bridgehead atoms. The minimum atomic E-state index is 0.411. The Morgan fingerprint density at radius 1 is 1.41 bits per heavy atom. The van der Waals surface area contributed by atoms with Crippen molar-refractivity contribution in [3.05, 3.63) is 35.9 Å². The van der Waals surface area contributed by atoms with Crippen LogP contribution in [0.4, 0.5) is 0 Å². The van der Waals surface area contributed by atoms with E-state index in [0.717, 1.165) is 32.5 Å². The molecule has 0 radical (unpaired) electrons. The van der Waals surface area contributed by atoms with Crippen molar-refractivity contribution in [3.63, 3.8) is 0 Å². The molecule has 0 unspecified atom stereocenters. The fourth-order valence-corrected chi connectivity index (χ4v) is 2.48. The van der Waals surface area contributed by atoms with Crippen molar-refractivity contribution in [2.24, 2.45) is 0 Å². The van der Waals surface area contributed by atoms with Crippen LogP contribution >= 0.6 is 0 Å². The molecule has 1 saturated heterocycles. The number of likely N-dealkylation sites (N-methyl/N-ethyl adjacent to an activating group) is 1. The van der Waals surface area contributed by atoms with Crippen LogP contribution in [0.3, 0.4) is 0 Å². The number of likely N-dealkylation sites (tertiary alicyclic amines) is 1. The summed E-state index contributed by atoms with van der Waals surface area (Å²) in [6.07, 6.45) is 4.59. The monoisotopic (exact) mass is 229 g/mol. The molecule has 0 N–H and O–H groups in total. The van der Waals surface area contributed by atoms with Gasteiger partial charge in [0.2, 0.25) is 0 Å². The summed E-state index contributed by atoms with van der Waals surface area (Å²) < 4.78 is 0. The normalized spacial score (nSPS) is 19.6. The SMILES string of the molecule is CN(Cc1ccccc1)C[C@H]1CCCN1C#N. The molecule has 1 aromatic rings. The van der Waals surface area contributed by atoms with Crippen LogP contribution in [-0.2, 0) is 6.54 Å². The zero-order chi connectivity index (χ0) is 12.1.